The van der Waals surface area contributed by atoms with E-state index >= 15 is 0 Å². The van der Waals surface area contributed by atoms with Crippen LogP contribution in [0.5, 0.6) is 0 Å². The third-order valence-corrected chi connectivity index (χ3v) is 18.4. The summed E-state index contributed by atoms with van der Waals surface area (Å²) < 4.78 is 68.7. The minimum absolute atomic E-state index is 0.0393. The number of hydrogen-bond acceptors (Lipinski definition) is 15. The number of rotatable bonds is 76. The van der Waals surface area contributed by atoms with Crippen molar-refractivity contribution in [3.05, 3.63) is 194 Å². The fourth-order valence-corrected chi connectivity index (χ4v) is 11.9. The van der Waals surface area contributed by atoms with E-state index in [1.807, 2.05) is 0 Å². The van der Waals surface area contributed by atoms with Crippen LogP contribution in [0.2, 0.25) is 0 Å². The molecule has 0 amide bonds. The minimum atomic E-state index is -5.01. The normalized spacial score (nSPS) is 14.8. The first-order valence-electron chi connectivity index (χ1n) is 41.7. The smallest absolute Gasteiger partial charge is 0.462 e. The summed E-state index contributed by atoms with van der Waals surface area (Å²) in [6, 6.07) is 0. The maximum atomic E-state index is 13.1. The fraction of sp³-hybridized carbons (Fsp3) is 0.604. The molecule has 0 aliphatic heterocycles. The lowest BCUT2D eigenvalue weighted by Gasteiger charge is -2.21. The largest absolute Gasteiger partial charge is 0.472 e. The molecule has 5 atom stereocenters. The van der Waals surface area contributed by atoms with E-state index in [0.717, 1.165) is 193 Å². The lowest BCUT2D eigenvalue weighted by atomic mass is 10.1. The Bertz CT molecular complexity index is 2850. The highest BCUT2D eigenvalue weighted by Crippen LogP contribution is 2.45. The second-order valence-electron chi connectivity index (χ2n) is 26.9. The van der Waals surface area contributed by atoms with E-state index in [2.05, 4.69) is 222 Å². The van der Waals surface area contributed by atoms with Gasteiger partial charge in [-0.05, 0) is 186 Å². The molecule has 0 saturated heterocycles. The molecule has 0 aliphatic carbocycles. The molecule has 19 heteroatoms. The Morgan fingerprint density at radius 2 is 0.473 bits per heavy atom. The summed E-state index contributed by atoms with van der Waals surface area (Å²) in [4.78, 5) is 73.2. The van der Waals surface area contributed by atoms with Crippen molar-refractivity contribution < 1.29 is 80.2 Å². The Hall–Kier alpha value is -6.10. The van der Waals surface area contributed by atoms with E-state index in [9.17, 15) is 43.2 Å². The van der Waals surface area contributed by atoms with Crippen molar-refractivity contribution in [2.24, 2.45) is 0 Å². The second-order valence-corrected chi connectivity index (χ2v) is 29.8. The lowest BCUT2D eigenvalue weighted by molar-refractivity contribution is -0.161. The van der Waals surface area contributed by atoms with Gasteiger partial charge in [0.1, 0.15) is 19.3 Å². The van der Waals surface area contributed by atoms with Crippen molar-refractivity contribution in [1.82, 2.24) is 0 Å². The molecule has 0 aromatic carbocycles. The van der Waals surface area contributed by atoms with Crippen LogP contribution in [0.4, 0.5) is 0 Å². The molecule has 0 saturated carbocycles. The number of esters is 4. The molecule has 17 nitrogen and oxygen atoms in total. The van der Waals surface area contributed by atoms with Crippen molar-refractivity contribution >= 4 is 39.5 Å². The zero-order valence-electron chi connectivity index (χ0n) is 68.1. The number of carbonyl (C=O) groups excluding carboxylic acids is 4. The number of phosphoric acid groups is 2. The molecule has 0 aliphatic rings. The minimum Gasteiger partial charge on any atom is -0.462 e. The fourth-order valence-electron chi connectivity index (χ4n) is 10.3. The van der Waals surface area contributed by atoms with Gasteiger partial charge in [0.25, 0.3) is 0 Å². The molecular weight excluding hydrogens is 1430 g/mol. The van der Waals surface area contributed by atoms with Crippen LogP contribution >= 0.6 is 15.6 Å². The summed E-state index contributed by atoms with van der Waals surface area (Å²) in [6.45, 7) is 4.38. The number of hydrogen-bond donors (Lipinski definition) is 3. The Balaban J connectivity index is 5.49. The van der Waals surface area contributed by atoms with Gasteiger partial charge in [0.05, 0.1) is 26.4 Å². The van der Waals surface area contributed by atoms with Crippen LogP contribution in [-0.2, 0) is 65.4 Å². The van der Waals surface area contributed by atoms with Gasteiger partial charge in [-0.2, -0.15) is 0 Å². The topological polar surface area (TPSA) is 237 Å². The molecule has 0 rings (SSSR count). The maximum Gasteiger partial charge on any atom is 0.472 e. The molecule has 3 N–H and O–H groups in total. The summed E-state index contributed by atoms with van der Waals surface area (Å²) in [5.74, 6) is -2.31. The zero-order valence-corrected chi connectivity index (χ0v) is 69.9. The number of aliphatic hydroxyl groups excluding tert-OH is 1. The number of aliphatic hydroxyl groups is 1. The van der Waals surface area contributed by atoms with Gasteiger partial charge in [-0.1, -0.05) is 280 Å². The number of unbranched alkanes of at least 4 members (excludes halogenated alkanes) is 18. The third kappa shape index (κ3) is 80.0. The van der Waals surface area contributed by atoms with Crippen molar-refractivity contribution in [2.75, 3.05) is 39.6 Å². The summed E-state index contributed by atoms with van der Waals surface area (Å²) in [5, 5.41) is 10.7. The van der Waals surface area contributed by atoms with E-state index in [4.69, 9.17) is 37.0 Å². The van der Waals surface area contributed by atoms with Crippen LogP contribution in [0.1, 0.15) is 297 Å². The van der Waals surface area contributed by atoms with E-state index in [1.54, 1.807) is 0 Å². The van der Waals surface area contributed by atoms with Crippen molar-refractivity contribution in [2.45, 2.75) is 316 Å². The molecule has 0 bridgehead atoms. The van der Waals surface area contributed by atoms with Gasteiger partial charge in [0.2, 0.25) is 0 Å². The van der Waals surface area contributed by atoms with Gasteiger partial charge in [0, 0.05) is 25.7 Å². The molecule has 0 fully saturated rings. The molecule has 0 aromatic rings. The standard InChI is InChI=1S/C91H146O17P2/c1-5-9-13-17-21-25-29-33-36-39-42-45-48-52-55-59-63-67-71-75-88(93)101-81-86(107-90(95)77-73-69-65-61-57-51-32-28-24-20-16-12-8-4)83-105-109(97,98)103-79-85(92)80-104-110(99,100)106-84-87(108-91(96)78-74-70-66-62-58-54-50-47-44-41-38-35-31-27-23-19-15-11-7-3)82-102-89(94)76-72-68-64-60-56-53-49-46-43-40-37-34-30-26-22-18-14-10-6-2/h9-11,13-15,21-23,25-28,32-38,42-47,52-56,58,85-87,92H,5-8,12,16-20,24,29-31,39-41,48-51,57,59-84H2,1-4H3,(H,97,98)(H,99,100)/b13-9-,14-10-,15-11-,25-21-,26-22-,27-23-,32-28-,36-33-,37-34-,38-35-,45-42-,46-43-,47-44-,55-52-,56-53-,58-54-. The SMILES string of the molecule is CC/C=C\C/C=C\C/C=C\C/C=C\C/C=C\CCCCCC(=O)OCC(COP(=O)(O)OCC(O)COP(=O)(O)OCC(COC(=O)CCCCC/C=C\C/C=C\C/C=C\C/C=C\C/C=C\CC)OC(=O)CCCCCCC/C=C\CCCCCC)OC(=O)CCCCC/C=C\C/C=C\C/C=C\C/C=C\C/C=C\CC. The van der Waals surface area contributed by atoms with Gasteiger partial charge >= 0.3 is 39.5 Å². The summed E-state index contributed by atoms with van der Waals surface area (Å²) in [6.07, 6.45) is 99.7. The number of carbonyl (C=O) groups is 4. The van der Waals surface area contributed by atoms with Crippen molar-refractivity contribution in [3.63, 3.8) is 0 Å². The monoisotopic (exact) mass is 1570 g/mol. The summed E-state index contributed by atoms with van der Waals surface area (Å²) in [5.41, 5.74) is 0. The Morgan fingerprint density at radius 3 is 0.745 bits per heavy atom. The highest BCUT2D eigenvalue weighted by molar-refractivity contribution is 7.47. The van der Waals surface area contributed by atoms with Crippen molar-refractivity contribution in [1.29, 1.82) is 0 Å². The Kier molecular flexibility index (Phi) is 76.4. The number of ether oxygens (including phenoxy) is 4. The van der Waals surface area contributed by atoms with E-state index < -0.39 is 97.5 Å². The van der Waals surface area contributed by atoms with Crippen LogP contribution in [0.25, 0.3) is 0 Å². The molecule has 622 valence electrons. The summed E-state index contributed by atoms with van der Waals surface area (Å²) in [7, 11) is -10.0. The van der Waals surface area contributed by atoms with Crippen LogP contribution in [0, 0.1) is 0 Å². The molecule has 110 heavy (non-hydrogen) atoms. The van der Waals surface area contributed by atoms with Crippen LogP contribution in [-0.4, -0.2) is 96.7 Å². The van der Waals surface area contributed by atoms with Gasteiger partial charge in [-0.3, -0.25) is 37.3 Å². The molecule has 0 heterocycles. The Labute approximate surface area is 666 Å². The molecule has 0 spiro atoms. The first-order chi connectivity index (χ1) is 53.7. The highest BCUT2D eigenvalue weighted by atomic mass is 31.2. The average Bonchev–Trinajstić information content (AvgIpc) is 0.900. The van der Waals surface area contributed by atoms with Gasteiger partial charge < -0.3 is 33.8 Å². The van der Waals surface area contributed by atoms with Crippen molar-refractivity contribution in [3.8, 4) is 0 Å². The highest BCUT2D eigenvalue weighted by Gasteiger charge is 2.30. The van der Waals surface area contributed by atoms with E-state index in [0.29, 0.717) is 25.7 Å². The van der Waals surface area contributed by atoms with Gasteiger partial charge in [0.15, 0.2) is 12.2 Å². The lowest BCUT2D eigenvalue weighted by Crippen LogP contribution is -2.30. The number of allylic oxidation sites excluding steroid dienone is 32. The molecule has 0 radical (unpaired) electrons. The van der Waals surface area contributed by atoms with Gasteiger partial charge in [-0.25, -0.2) is 9.13 Å². The molecular formula is C91H146O17P2. The first-order valence-corrected chi connectivity index (χ1v) is 44.7. The predicted molar refractivity (Wildman–Crippen MR) is 454 cm³/mol. The van der Waals surface area contributed by atoms with Crippen LogP contribution in [0.3, 0.4) is 0 Å². The third-order valence-electron chi connectivity index (χ3n) is 16.5. The quantitative estimate of drug-likeness (QED) is 0.0169. The van der Waals surface area contributed by atoms with Crippen LogP contribution in [0.15, 0.2) is 194 Å². The molecule has 5 unspecified atom stereocenters. The van der Waals surface area contributed by atoms with E-state index in [1.165, 1.54) is 25.7 Å². The van der Waals surface area contributed by atoms with E-state index in [-0.39, 0.29) is 25.7 Å². The second kappa shape index (κ2) is 80.9. The van der Waals surface area contributed by atoms with Crippen LogP contribution < -0.4 is 0 Å². The maximum absolute atomic E-state index is 13.1. The zero-order chi connectivity index (χ0) is 80.3. The van der Waals surface area contributed by atoms with Gasteiger partial charge in [-0.15, -0.1) is 0 Å². The molecule has 0 aromatic heterocycles. The Morgan fingerprint density at radius 1 is 0.264 bits per heavy atom. The predicted octanol–water partition coefficient (Wildman–Crippen LogP) is 24.9. The first kappa shape index (κ1) is 104. The number of phosphoric ester groups is 2. The average molecular weight is 1570 g/mol. The summed E-state index contributed by atoms with van der Waals surface area (Å²) >= 11 is 0.